The van der Waals surface area contributed by atoms with Crippen molar-refractivity contribution in [2.75, 3.05) is 13.1 Å². The fourth-order valence-corrected chi connectivity index (χ4v) is 2.32. The maximum absolute atomic E-state index is 11.8. The Morgan fingerprint density at radius 1 is 1.53 bits per heavy atom. The zero-order valence-corrected chi connectivity index (χ0v) is 11.5. The Bertz CT molecular complexity index is 549. The molecule has 0 bridgehead atoms. The summed E-state index contributed by atoms with van der Waals surface area (Å²) in [7, 11) is 1.81. The third-order valence-corrected chi connectivity index (χ3v) is 3.33. The van der Waals surface area contributed by atoms with Crippen LogP contribution in [0.25, 0.3) is 0 Å². The minimum absolute atomic E-state index is 0.171. The van der Waals surface area contributed by atoms with Crippen LogP contribution >= 0.6 is 11.3 Å². The van der Waals surface area contributed by atoms with Crippen molar-refractivity contribution in [2.45, 2.75) is 12.8 Å². The molecule has 0 spiro atoms. The van der Waals surface area contributed by atoms with Crippen molar-refractivity contribution in [1.29, 1.82) is 0 Å². The first-order valence-electron chi connectivity index (χ1n) is 5.96. The van der Waals surface area contributed by atoms with Crippen LogP contribution in [0.4, 0.5) is 0 Å². The van der Waals surface area contributed by atoms with Crippen LogP contribution in [0.1, 0.15) is 21.3 Å². The van der Waals surface area contributed by atoms with Crippen molar-refractivity contribution in [2.24, 2.45) is 12.8 Å². The van der Waals surface area contributed by atoms with E-state index in [9.17, 15) is 4.79 Å². The van der Waals surface area contributed by atoms with Crippen molar-refractivity contribution in [3.8, 4) is 0 Å². The number of carbonyl (C=O) groups is 1. The molecule has 102 valence electrons. The Balaban J connectivity index is 1.80. The normalized spacial score (nSPS) is 10.6. The molecular formula is C11H16N6OS. The van der Waals surface area contributed by atoms with Crippen LogP contribution in [0.3, 0.4) is 0 Å². The van der Waals surface area contributed by atoms with Crippen LogP contribution in [0, 0.1) is 0 Å². The van der Waals surface area contributed by atoms with Gasteiger partial charge in [0.25, 0.3) is 5.91 Å². The lowest BCUT2D eigenvalue weighted by atomic mass is 10.3. The number of nitrogens with zero attached hydrogens (tertiary/aromatic N) is 4. The number of amides is 1. The van der Waals surface area contributed by atoms with Gasteiger partial charge in [-0.1, -0.05) is 0 Å². The molecule has 8 heteroatoms. The molecule has 2 heterocycles. The SMILES string of the molecule is Cn1cnc(CCNC(=O)c2csc(CCN)n2)n1. The van der Waals surface area contributed by atoms with Gasteiger partial charge in [-0.25, -0.2) is 9.97 Å². The van der Waals surface area contributed by atoms with E-state index < -0.39 is 0 Å². The van der Waals surface area contributed by atoms with E-state index in [1.165, 1.54) is 11.3 Å². The highest BCUT2D eigenvalue weighted by atomic mass is 32.1. The van der Waals surface area contributed by atoms with Crippen molar-refractivity contribution >= 4 is 17.2 Å². The number of carbonyl (C=O) groups excluding carboxylic acids is 1. The van der Waals surface area contributed by atoms with Gasteiger partial charge in [-0.15, -0.1) is 11.3 Å². The number of rotatable bonds is 6. The fourth-order valence-electron chi connectivity index (χ4n) is 1.53. The molecular weight excluding hydrogens is 264 g/mol. The van der Waals surface area contributed by atoms with Gasteiger partial charge in [0.1, 0.15) is 12.0 Å². The second-order valence-corrected chi connectivity index (χ2v) is 4.95. The van der Waals surface area contributed by atoms with Gasteiger partial charge in [0, 0.05) is 31.8 Å². The summed E-state index contributed by atoms with van der Waals surface area (Å²) in [6.45, 7) is 1.03. The molecule has 19 heavy (non-hydrogen) atoms. The Labute approximate surface area is 114 Å². The van der Waals surface area contributed by atoms with Gasteiger partial charge in [0.15, 0.2) is 5.82 Å². The monoisotopic (exact) mass is 280 g/mol. The number of hydrogen-bond acceptors (Lipinski definition) is 6. The van der Waals surface area contributed by atoms with E-state index in [1.807, 2.05) is 7.05 Å². The first-order valence-corrected chi connectivity index (χ1v) is 6.84. The molecule has 0 atom stereocenters. The van der Waals surface area contributed by atoms with Crippen molar-refractivity contribution < 1.29 is 4.79 Å². The number of aromatic nitrogens is 4. The van der Waals surface area contributed by atoms with Crippen LogP contribution in [0.5, 0.6) is 0 Å². The second-order valence-electron chi connectivity index (χ2n) is 4.01. The lowest BCUT2D eigenvalue weighted by Crippen LogP contribution is -2.26. The minimum Gasteiger partial charge on any atom is -0.350 e. The number of nitrogens with two attached hydrogens (primary N) is 1. The molecule has 1 amide bonds. The van der Waals surface area contributed by atoms with Gasteiger partial charge in [0.2, 0.25) is 0 Å². The summed E-state index contributed by atoms with van der Waals surface area (Å²) in [4.78, 5) is 20.1. The highest BCUT2D eigenvalue weighted by Gasteiger charge is 2.10. The molecule has 0 fully saturated rings. The average molecular weight is 280 g/mol. The largest absolute Gasteiger partial charge is 0.350 e. The summed E-state index contributed by atoms with van der Waals surface area (Å²) >= 11 is 1.46. The summed E-state index contributed by atoms with van der Waals surface area (Å²) in [6, 6.07) is 0. The standard InChI is InChI=1S/C11H16N6OS/c1-17-7-14-9(16-17)3-5-13-11(18)8-6-19-10(15-8)2-4-12/h6-7H,2-5,12H2,1H3,(H,13,18). The Hall–Kier alpha value is -1.80. The summed E-state index contributed by atoms with van der Waals surface area (Å²) < 4.78 is 1.64. The summed E-state index contributed by atoms with van der Waals surface area (Å²) in [5.41, 5.74) is 5.89. The molecule has 0 aliphatic carbocycles. The molecule has 3 N–H and O–H groups in total. The summed E-state index contributed by atoms with van der Waals surface area (Å²) in [6.07, 6.45) is 2.94. The first kappa shape index (κ1) is 13.6. The second kappa shape index (κ2) is 6.39. The van der Waals surface area contributed by atoms with E-state index >= 15 is 0 Å². The zero-order chi connectivity index (χ0) is 13.7. The van der Waals surface area contributed by atoms with Gasteiger partial charge in [-0.05, 0) is 6.54 Å². The molecule has 0 aliphatic heterocycles. The number of nitrogens with one attached hydrogen (secondary N) is 1. The highest BCUT2D eigenvalue weighted by molar-refractivity contribution is 7.09. The zero-order valence-electron chi connectivity index (χ0n) is 10.7. The Morgan fingerprint density at radius 2 is 2.37 bits per heavy atom. The average Bonchev–Trinajstić information content (AvgIpc) is 2.99. The number of thiazole rings is 1. The van der Waals surface area contributed by atoms with Gasteiger partial charge in [-0.2, -0.15) is 5.10 Å². The van der Waals surface area contributed by atoms with Gasteiger partial charge in [0.05, 0.1) is 5.01 Å². The molecule has 0 unspecified atom stereocenters. The third-order valence-electron chi connectivity index (χ3n) is 2.42. The maximum Gasteiger partial charge on any atom is 0.270 e. The van der Waals surface area contributed by atoms with Crippen LogP contribution in [0.2, 0.25) is 0 Å². The molecule has 7 nitrogen and oxygen atoms in total. The predicted molar refractivity (Wildman–Crippen MR) is 71.9 cm³/mol. The number of aryl methyl sites for hydroxylation is 1. The van der Waals surface area contributed by atoms with Crippen molar-refractivity contribution in [3.05, 3.63) is 28.2 Å². The molecule has 0 saturated carbocycles. The number of hydrogen-bond donors (Lipinski definition) is 2. The Morgan fingerprint density at radius 3 is 3.05 bits per heavy atom. The third kappa shape index (κ3) is 3.83. The van der Waals surface area contributed by atoms with Crippen LogP contribution in [-0.4, -0.2) is 38.7 Å². The van der Waals surface area contributed by atoms with Gasteiger partial charge in [-0.3, -0.25) is 9.48 Å². The lowest BCUT2D eigenvalue weighted by molar-refractivity contribution is 0.0949. The minimum atomic E-state index is -0.171. The molecule has 2 aromatic rings. The summed E-state index contributed by atoms with van der Waals surface area (Å²) in [5, 5.41) is 9.57. The van der Waals surface area contributed by atoms with E-state index in [0.717, 1.165) is 5.01 Å². The molecule has 2 rings (SSSR count). The predicted octanol–water partition coefficient (Wildman–Crippen LogP) is -0.255. The maximum atomic E-state index is 11.8. The fraction of sp³-hybridized carbons (Fsp3) is 0.455. The smallest absolute Gasteiger partial charge is 0.270 e. The van der Waals surface area contributed by atoms with E-state index in [2.05, 4.69) is 20.4 Å². The quantitative estimate of drug-likeness (QED) is 0.760. The lowest BCUT2D eigenvalue weighted by Gasteiger charge is -2.00. The Kier molecular flexibility index (Phi) is 4.58. The topological polar surface area (TPSA) is 98.7 Å². The van der Waals surface area contributed by atoms with Crippen LogP contribution < -0.4 is 11.1 Å². The van der Waals surface area contributed by atoms with Crippen molar-refractivity contribution in [3.63, 3.8) is 0 Å². The molecule has 0 aromatic carbocycles. The van der Waals surface area contributed by atoms with Crippen LogP contribution in [-0.2, 0) is 19.9 Å². The van der Waals surface area contributed by atoms with Gasteiger partial charge >= 0.3 is 0 Å². The first-order chi connectivity index (χ1) is 9.19. The highest BCUT2D eigenvalue weighted by Crippen LogP contribution is 2.09. The van der Waals surface area contributed by atoms with E-state index in [4.69, 9.17) is 5.73 Å². The molecule has 2 aromatic heterocycles. The van der Waals surface area contributed by atoms with E-state index in [0.29, 0.717) is 37.4 Å². The van der Waals surface area contributed by atoms with E-state index in [1.54, 1.807) is 16.4 Å². The summed E-state index contributed by atoms with van der Waals surface area (Å²) in [5.74, 6) is 0.542. The van der Waals surface area contributed by atoms with Gasteiger partial charge < -0.3 is 11.1 Å². The van der Waals surface area contributed by atoms with Crippen LogP contribution in [0.15, 0.2) is 11.7 Å². The molecule has 0 radical (unpaired) electrons. The molecule has 0 aliphatic rings. The molecule has 0 saturated heterocycles. The van der Waals surface area contributed by atoms with E-state index in [-0.39, 0.29) is 5.91 Å². The van der Waals surface area contributed by atoms with Crippen molar-refractivity contribution in [1.82, 2.24) is 25.1 Å².